The van der Waals surface area contributed by atoms with Crippen molar-refractivity contribution in [2.24, 2.45) is 0 Å². The van der Waals surface area contributed by atoms with Crippen molar-refractivity contribution in [1.29, 1.82) is 0 Å². The largest absolute Gasteiger partial charge is 0.476 e. The van der Waals surface area contributed by atoms with Gasteiger partial charge in [-0.3, -0.25) is 14.3 Å². The molecule has 2 aromatic rings. The summed E-state index contributed by atoms with van der Waals surface area (Å²) in [6.45, 7) is 1.30. The second kappa shape index (κ2) is 4.66. The third-order valence-electron chi connectivity index (χ3n) is 2.21. The zero-order chi connectivity index (χ0) is 13.1. The summed E-state index contributed by atoms with van der Waals surface area (Å²) in [5.41, 5.74) is 0.454. The quantitative estimate of drug-likeness (QED) is 0.839. The van der Waals surface area contributed by atoms with Crippen LogP contribution in [0.4, 0.5) is 5.82 Å². The fourth-order valence-corrected chi connectivity index (χ4v) is 1.49. The van der Waals surface area contributed by atoms with Gasteiger partial charge in [0.15, 0.2) is 11.5 Å². The standard InChI is InChI=1S/C11H10N4O3/c1-7(16)14-10-9(11(17)18)13-6-15(10)8-2-4-12-5-3-8/h2-6H,1H3,(H,14,16)(H,17,18). The van der Waals surface area contributed by atoms with Gasteiger partial charge < -0.3 is 10.4 Å². The number of amides is 1. The minimum absolute atomic E-state index is 0.126. The van der Waals surface area contributed by atoms with Gasteiger partial charge in [0.1, 0.15) is 6.33 Å². The van der Waals surface area contributed by atoms with E-state index in [2.05, 4.69) is 15.3 Å². The molecule has 0 aliphatic carbocycles. The van der Waals surface area contributed by atoms with Gasteiger partial charge in [-0.1, -0.05) is 0 Å². The van der Waals surface area contributed by atoms with Gasteiger partial charge in [0.25, 0.3) is 0 Å². The Hall–Kier alpha value is -2.70. The summed E-state index contributed by atoms with van der Waals surface area (Å²) in [4.78, 5) is 29.8. The molecule has 2 N–H and O–H groups in total. The first-order valence-corrected chi connectivity index (χ1v) is 5.08. The fourth-order valence-electron chi connectivity index (χ4n) is 1.49. The third-order valence-corrected chi connectivity index (χ3v) is 2.21. The average molecular weight is 246 g/mol. The SMILES string of the molecule is CC(=O)Nc1c(C(=O)O)ncn1-c1ccncc1. The second-order valence-corrected chi connectivity index (χ2v) is 3.50. The summed E-state index contributed by atoms with van der Waals surface area (Å²) in [6, 6.07) is 3.36. The van der Waals surface area contributed by atoms with Crippen molar-refractivity contribution >= 4 is 17.7 Å². The Morgan fingerprint density at radius 1 is 1.33 bits per heavy atom. The Labute approximate surface area is 102 Å². The van der Waals surface area contributed by atoms with Crippen LogP contribution >= 0.6 is 0 Å². The molecule has 0 aliphatic rings. The van der Waals surface area contributed by atoms with E-state index in [-0.39, 0.29) is 17.4 Å². The van der Waals surface area contributed by atoms with Gasteiger partial charge in [-0.25, -0.2) is 9.78 Å². The molecule has 0 aliphatic heterocycles. The number of nitrogens with zero attached hydrogens (tertiary/aromatic N) is 3. The predicted molar refractivity (Wildman–Crippen MR) is 62.6 cm³/mol. The van der Waals surface area contributed by atoms with E-state index < -0.39 is 5.97 Å². The number of pyridine rings is 1. The number of carbonyl (C=O) groups excluding carboxylic acids is 1. The molecular formula is C11H10N4O3. The van der Waals surface area contributed by atoms with Crippen molar-refractivity contribution in [3.63, 3.8) is 0 Å². The molecule has 0 bridgehead atoms. The minimum atomic E-state index is -1.20. The summed E-state index contributed by atoms with van der Waals surface area (Å²) in [6.07, 6.45) is 4.46. The molecule has 92 valence electrons. The fraction of sp³-hybridized carbons (Fsp3) is 0.0909. The number of nitrogens with one attached hydrogen (secondary N) is 1. The molecule has 0 fully saturated rings. The zero-order valence-corrected chi connectivity index (χ0v) is 9.49. The summed E-state index contributed by atoms with van der Waals surface area (Å²) in [7, 11) is 0. The first-order valence-electron chi connectivity index (χ1n) is 5.08. The molecule has 7 nitrogen and oxygen atoms in total. The lowest BCUT2D eigenvalue weighted by atomic mass is 10.3. The smallest absolute Gasteiger partial charge is 0.358 e. The zero-order valence-electron chi connectivity index (χ0n) is 9.49. The van der Waals surface area contributed by atoms with Crippen LogP contribution in [0.5, 0.6) is 0 Å². The highest BCUT2D eigenvalue weighted by Crippen LogP contribution is 2.19. The molecule has 1 amide bonds. The van der Waals surface area contributed by atoms with E-state index in [9.17, 15) is 9.59 Å². The Morgan fingerprint density at radius 3 is 2.56 bits per heavy atom. The summed E-state index contributed by atoms with van der Waals surface area (Å²) >= 11 is 0. The predicted octanol–water partition coefficient (Wildman–Crippen LogP) is 0.924. The van der Waals surface area contributed by atoms with Crippen LogP contribution in [0, 0.1) is 0 Å². The maximum absolute atomic E-state index is 11.1. The number of hydrogen-bond acceptors (Lipinski definition) is 4. The number of carboxylic acid groups (broad SMARTS) is 1. The Balaban J connectivity index is 2.54. The summed E-state index contributed by atoms with van der Waals surface area (Å²) < 4.78 is 1.48. The first kappa shape index (κ1) is 11.8. The van der Waals surface area contributed by atoms with Crippen LogP contribution in [0.1, 0.15) is 17.4 Å². The number of carbonyl (C=O) groups is 2. The summed E-state index contributed by atoms with van der Waals surface area (Å²) in [5, 5.41) is 11.5. The van der Waals surface area contributed by atoms with Gasteiger partial charge in [-0.2, -0.15) is 0 Å². The molecule has 0 saturated carbocycles. The Kier molecular flexibility index (Phi) is 3.05. The summed E-state index contributed by atoms with van der Waals surface area (Å²) in [5.74, 6) is -1.44. The lowest BCUT2D eigenvalue weighted by molar-refractivity contribution is -0.114. The molecule has 0 atom stereocenters. The van der Waals surface area contributed by atoms with Crippen LogP contribution in [-0.4, -0.2) is 31.5 Å². The normalized spacial score (nSPS) is 10.1. The molecule has 0 spiro atoms. The highest BCUT2D eigenvalue weighted by atomic mass is 16.4. The van der Waals surface area contributed by atoms with Crippen molar-refractivity contribution in [1.82, 2.24) is 14.5 Å². The van der Waals surface area contributed by atoms with E-state index in [0.717, 1.165) is 0 Å². The van der Waals surface area contributed by atoms with Crippen LogP contribution < -0.4 is 5.32 Å². The van der Waals surface area contributed by atoms with E-state index in [1.807, 2.05) is 0 Å². The molecule has 0 radical (unpaired) electrons. The van der Waals surface area contributed by atoms with Crippen LogP contribution in [0.2, 0.25) is 0 Å². The highest BCUT2D eigenvalue weighted by Gasteiger charge is 2.18. The molecule has 2 heterocycles. The lowest BCUT2D eigenvalue weighted by Gasteiger charge is -2.08. The number of carboxylic acids is 1. The highest BCUT2D eigenvalue weighted by molar-refractivity contribution is 5.97. The van der Waals surface area contributed by atoms with E-state index in [1.165, 1.54) is 17.8 Å². The molecule has 2 aromatic heterocycles. The van der Waals surface area contributed by atoms with Gasteiger partial charge in [0.05, 0.1) is 5.69 Å². The van der Waals surface area contributed by atoms with E-state index in [1.54, 1.807) is 24.5 Å². The van der Waals surface area contributed by atoms with Crippen molar-refractivity contribution in [2.75, 3.05) is 5.32 Å². The number of aromatic carboxylic acids is 1. The van der Waals surface area contributed by atoms with E-state index in [4.69, 9.17) is 5.11 Å². The van der Waals surface area contributed by atoms with Gasteiger partial charge in [0, 0.05) is 19.3 Å². The number of rotatable bonds is 3. The van der Waals surface area contributed by atoms with Crippen molar-refractivity contribution < 1.29 is 14.7 Å². The third kappa shape index (κ3) is 2.19. The second-order valence-electron chi connectivity index (χ2n) is 3.50. The topological polar surface area (TPSA) is 97.1 Å². The Morgan fingerprint density at radius 2 is 2.00 bits per heavy atom. The maximum atomic E-state index is 11.1. The monoisotopic (exact) mass is 246 g/mol. The molecule has 0 unspecified atom stereocenters. The first-order chi connectivity index (χ1) is 8.59. The van der Waals surface area contributed by atoms with Gasteiger partial charge in [-0.15, -0.1) is 0 Å². The molecule has 18 heavy (non-hydrogen) atoms. The van der Waals surface area contributed by atoms with Crippen LogP contribution in [-0.2, 0) is 4.79 Å². The lowest BCUT2D eigenvalue weighted by Crippen LogP contribution is -2.13. The average Bonchev–Trinajstić information content (AvgIpc) is 2.73. The number of hydrogen-bond donors (Lipinski definition) is 2. The minimum Gasteiger partial charge on any atom is -0.476 e. The van der Waals surface area contributed by atoms with Crippen molar-refractivity contribution in [3.05, 3.63) is 36.5 Å². The molecular weight excluding hydrogens is 236 g/mol. The number of aromatic nitrogens is 3. The van der Waals surface area contributed by atoms with Gasteiger partial charge in [-0.05, 0) is 12.1 Å². The van der Waals surface area contributed by atoms with Crippen LogP contribution in [0.15, 0.2) is 30.9 Å². The molecule has 7 heteroatoms. The van der Waals surface area contributed by atoms with E-state index in [0.29, 0.717) is 5.69 Å². The van der Waals surface area contributed by atoms with Gasteiger partial charge >= 0.3 is 5.97 Å². The molecule has 0 aromatic carbocycles. The van der Waals surface area contributed by atoms with Crippen molar-refractivity contribution in [3.8, 4) is 5.69 Å². The van der Waals surface area contributed by atoms with Crippen LogP contribution in [0.25, 0.3) is 5.69 Å². The van der Waals surface area contributed by atoms with E-state index >= 15 is 0 Å². The maximum Gasteiger partial charge on any atom is 0.358 e. The molecule has 0 saturated heterocycles. The molecule has 2 rings (SSSR count). The van der Waals surface area contributed by atoms with Crippen LogP contribution in [0.3, 0.4) is 0 Å². The van der Waals surface area contributed by atoms with Gasteiger partial charge in [0.2, 0.25) is 5.91 Å². The number of anilines is 1. The Bertz CT molecular complexity index is 592. The van der Waals surface area contributed by atoms with Crippen molar-refractivity contribution in [2.45, 2.75) is 6.92 Å². The number of imidazole rings is 1.